The largest absolute Gasteiger partial charge is 0.508 e. The summed E-state index contributed by atoms with van der Waals surface area (Å²) in [6.45, 7) is 2.35. The van der Waals surface area contributed by atoms with Crippen molar-refractivity contribution in [3.05, 3.63) is 40.5 Å². The monoisotopic (exact) mass is 254 g/mol. The molecule has 1 aromatic rings. The summed E-state index contributed by atoms with van der Waals surface area (Å²) in [5.41, 5.74) is 6.45. The highest BCUT2D eigenvalue weighted by molar-refractivity contribution is 5.41. The molecule has 1 saturated carbocycles. The van der Waals surface area contributed by atoms with Gasteiger partial charge >= 0.3 is 0 Å². The second kappa shape index (κ2) is 4.13. The molecule has 100 valence electrons. The molecule has 3 atom stereocenters. The third kappa shape index (κ3) is 1.67. The molecule has 1 aromatic carbocycles. The van der Waals surface area contributed by atoms with E-state index in [-0.39, 0.29) is 0 Å². The molecule has 0 radical (unpaired) electrons. The first kappa shape index (κ1) is 11.6. The summed E-state index contributed by atoms with van der Waals surface area (Å²) >= 11 is 0. The van der Waals surface area contributed by atoms with Crippen molar-refractivity contribution < 1.29 is 5.11 Å². The third-order valence-corrected chi connectivity index (χ3v) is 5.86. The van der Waals surface area contributed by atoms with Crippen molar-refractivity contribution in [2.45, 2.75) is 51.4 Å². The van der Waals surface area contributed by atoms with E-state index in [4.69, 9.17) is 0 Å². The molecule has 1 heteroatoms. The van der Waals surface area contributed by atoms with E-state index in [9.17, 15) is 5.11 Å². The molecule has 1 nitrogen and oxygen atoms in total. The predicted molar refractivity (Wildman–Crippen MR) is 77.3 cm³/mol. The molecule has 0 aliphatic heterocycles. The molecule has 19 heavy (non-hydrogen) atoms. The summed E-state index contributed by atoms with van der Waals surface area (Å²) in [5.74, 6) is 2.94. The molecule has 3 unspecified atom stereocenters. The maximum Gasteiger partial charge on any atom is 0.115 e. The first-order valence-corrected chi connectivity index (χ1v) is 7.74. The molecule has 3 aliphatic rings. The van der Waals surface area contributed by atoms with Gasteiger partial charge in [-0.3, -0.25) is 0 Å². The second-order valence-electron chi connectivity index (χ2n) is 6.68. The van der Waals surface area contributed by atoms with E-state index in [0.717, 1.165) is 24.2 Å². The zero-order valence-corrected chi connectivity index (χ0v) is 11.7. The molecule has 0 bridgehead atoms. The van der Waals surface area contributed by atoms with Crippen LogP contribution in [0.2, 0.25) is 0 Å². The molecule has 0 saturated heterocycles. The number of aromatic hydroxyl groups is 1. The Balaban J connectivity index is 1.73. The van der Waals surface area contributed by atoms with Crippen LogP contribution in [0.15, 0.2) is 29.3 Å². The SMILES string of the molecule is CC1=C2CCC3c4ccc(O)cc4CCC3C2CC1. The Kier molecular flexibility index (Phi) is 2.51. The van der Waals surface area contributed by atoms with Gasteiger partial charge in [-0.05, 0) is 86.5 Å². The van der Waals surface area contributed by atoms with E-state index >= 15 is 0 Å². The molecular formula is C18H22O. The molecule has 0 amide bonds. The number of hydrogen-bond donors (Lipinski definition) is 1. The van der Waals surface area contributed by atoms with E-state index in [1.54, 1.807) is 5.57 Å². The van der Waals surface area contributed by atoms with Gasteiger partial charge in [-0.2, -0.15) is 0 Å². The van der Waals surface area contributed by atoms with Crippen molar-refractivity contribution in [1.29, 1.82) is 0 Å². The first-order chi connectivity index (χ1) is 9.24. The van der Waals surface area contributed by atoms with E-state index in [0.29, 0.717) is 5.75 Å². The van der Waals surface area contributed by atoms with Gasteiger partial charge in [0.05, 0.1) is 0 Å². The van der Waals surface area contributed by atoms with Crippen LogP contribution in [-0.4, -0.2) is 5.11 Å². The van der Waals surface area contributed by atoms with Crippen molar-refractivity contribution >= 4 is 0 Å². The number of allylic oxidation sites excluding steroid dienone is 2. The van der Waals surface area contributed by atoms with Gasteiger partial charge in [-0.25, -0.2) is 0 Å². The quantitative estimate of drug-likeness (QED) is 0.673. The minimum absolute atomic E-state index is 0.435. The van der Waals surface area contributed by atoms with Gasteiger partial charge < -0.3 is 5.11 Å². The lowest BCUT2D eigenvalue weighted by molar-refractivity contribution is 0.233. The van der Waals surface area contributed by atoms with E-state index in [1.165, 1.54) is 43.2 Å². The van der Waals surface area contributed by atoms with Crippen LogP contribution in [0.1, 0.15) is 56.1 Å². The Bertz CT molecular complexity index is 555. The summed E-state index contributed by atoms with van der Waals surface area (Å²) in [6.07, 6.45) is 7.86. The van der Waals surface area contributed by atoms with Crippen LogP contribution in [0.5, 0.6) is 5.75 Å². The molecule has 1 N–H and O–H groups in total. The average molecular weight is 254 g/mol. The maximum atomic E-state index is 9.66. The number of phenols is 1. The van der Waals surface area contributed by atoms with Crippen molar-refractivity contribution in [3.63, 3.8) is 0 Å². The van der Waals surface area contributed by atoms with E-state index < -0.39 is 0 Å². The lowest BCUT2D eigenvalue weighted by Gasteiger charge is -2.42. The number of aryl methyl sites for hydroxylation is 1. The molecule has 0 aromatic heterocycles. The third-order valence-electron chi connectivity index (χ3n) is 5.86. The van der Waals surface area contributed by atoms with Crippen LogP contribution < -0.4 is 0 Å². The molecule has 0 heterocycles. The minimum Gasteiger partial charge on any atom is -0.508 e. The topological polar surface area (TPSA) is 20.2 Å². The minimum atomic E-state index is 0.435. The summed E-state index contributed by atoms with van der Waals surface area (Å²) < 4.78 is 0. The van der Waals surface area contributed by atoms with Crippen LogP contribution >= 0.6 is 0 Å². The van der Waals surface area contributed by atoms with Gasteiger partial charge in [0.2, 0.25) is 0 Å². The van der Waals surface area contributed by atoms with Gasteiger partial charge in [-0.15, -0.1) is 0 Å². The summed E-state index contributed by atoms with van der Waals surface area (Å²) in [4.78, 5) is 0. The molecule has 3 aliphatic carbocycles. The van der Waals surface area contributed by atoms with Crippen molar-refractivity contribution in [1.82, 2.24) is 0 Å². The number of fused-ring (bicyclic) bond motifs is 5. The van der Waals surface area contributed by atoms with Crippen LogP contribution in [0.25, 0.3) is 0 Å². The van der Waals surface area contributed by atoms with E-state index in [1.807, 2.05) is 17.7 Å². The van der Waals surface area contributed by atoms with E-state index in [2.05, 4.69) is 13.0 Å². The Labute approximate surface area is 115 Å². The molecule has 4 rings (SSSR count). The van der Waals surface area contributed by atoms with Gasteiger partial charge in [0.15, 0.2) is 0 Å². The molecular weight excluding hydrogens is 232 g/mol. The van der Waals surface area contributed by atoms with Gasteiger partial charge in [0, 0.05) is 0 Å². The highest BCUT2D eigenvalue weighted by Crippen LogP contribution is 2.54. The fraction of sp³-hybridized carbons (Fsp3) is 0.556. The summed E-state index contributed by atoms with van der Waals surface area (Å²) in [7, 11) is 0. The smallest absolute Gasteiger partial charge is 0.115 e. The second-order valence-corrected chi connectivity index (χ2v) is 6.68. The number of benzene rings is 1. The normalized spacial score (nSPS) is 32.8. The van der Waals surface area contributed by atoms with Crippen molar-refractivity contribution in [2.75, 3.05) is 0 Å². The zero-order chi connectivity index (χ0) is 13.0. The first-order valence-electron chi connectivity index (χ1n) is 7.74. The Hall–Kier alpha value is -1.24. The van der Waals surface area contributed by atoms with Gasteiger partial charge in [0.25, 0.3) is 0 Å². The fourth-order valence-electron chi connectivity index (χ4n) is 4.98. The molecule has 0 spiro atoms. The highest BCUT2D eigenvalue weighted by Gasteiger charge is 2.41. The van der Waals surface area contributed by atoms with Crippen molar-refractivity contribution in [2.24, 2.45) is 11.8 Å². The van der Waals surface area contributed by atoms with Crippen molar-refractivity contribution in [3.8, 4) is 5.75 Å². The Morgan fingerprint density at radius 2 is 1.84 bits per heavy atom. The average Bonchev–Trinajstić information content (AvgIpc) is 2.80. The Morgan fingerprint density at radius 3 is 2.74 bits per heavy atom. The fourth-order valence-corrected chi connectivity index (χ4v) is 4.98. The summed E-state index contributed by atoms with van der Waals surface area (Å²) in [6, 6.07) is 6.07. The molecule has 1 fully saturated rings. The van der Waals surface area contributed by atoms with Crippen LogP contribution in [0.3, 0.4) is 0 Å². The van der Waals surface area contributed by atoms with Crippen LogP contribution in [-0.2, 0) is 6.42 Å². The lowest BCUT2D eigenvalue weighted by Crippen LogP contribution is -2.31. The number of rotatable bonds is 0. The number of phenolic OH excluding ortho intramolecular Hbond substituents is 1. The number of hydrogen-bond acceptors (Lipinski definition) is 1. The maximum absolute atomic E-state index is 9.66. The van der Waals surface area contributed by atoms with Gasteiger partial charge in [0.1, 0.15) is 5.75 Å². The standard InChI is InChI=1S/C18H22O/c1-11-2-5-16-14(11)8-9-17-15-7-4-13(19)10-12(15)3-6-18(16)17/h4,7,10,16-19H,2-3,5-6,8-9H2,1H3. The predicted octanol–water partition coefficient (Wildman–Crippen LogP) is 4.56. The summed E-state index contributed by atoms with van der Waals surface area (Å²) in [5, 5.41) is 9.66. The Morgan fingerprint density at radius 1 is 1.00 bits per heavy atom. The van der Waals surface area contributed by atoms with Crippen LogP contribution in [0.4, 0.5) is 0 Å². The highest BCUT2D eigenvalue weighted by atomic mass is 16.3. The lowest BCUT2D eigenvalue weighted by atomic mass is 9.62. The van der Waals surface area contributed by atoms with Gasteiger partial charge in [-0.1, -0.05) is 17.2 Å². The zero-order valence-electron chi connectivity index (χ0n) is 11.7. The van der Waals surface area contributed by atoms with Crippen LogP contribution in [0, 0.1) is 11.8 Å².